The molecule has 1 unspecified atom stereocenters. The van der Waals surface area contributed by atoms with Crippen molar-refractivity contribution in [1.82, 2.24) is 0 Å². The van der Waals surface area contributed by atoms with E-state index in [1.165, 1.54) is 0 Å². The highest BCUT2D eigenvalue weighted by Gasteiger charge is 2.25. The monoisotopic (exact) mass is 432 g/mol. The first-order valence-electron chi connectivity index (χ1n) is 10.5. The Kier molecular flexibility index (Phi) is 5.53. The highest BCUT2D eigenvalue weighted by atomic mass is 35.5. The molecule has 1 atom stereocenters. The van der Waals surface area contributed by atoms with Crippen LogP contribution in [0.15, 0.2) is 131 Å². The van der Waals surface area contributed by atoms with Gasteiger partial charge in [-0.05, 0) is 51.6 Å². The second-order valence-electron chi connectivity index (χ2n) is 7.72. The van der Waals surface area contributed by atoms with Crippen LogP contribution in [0.5, 0.6) is 0 Å². The summed E-state index contributed by atoms with van der Waals surface area (Å²) in [5.41, 5.74) is 8.22. The molecular weight excluding hydrogens is 412 g/mol. The van der Waals surface area contributed by atoms with Crippen molar-refractivity contribution in [3.63, 3.8) is 0 Å². The fraction of sp³-hybridized carbons (Fsp3) is 0.0345. The Balaban J connectivity index is 1.51. The Labute approximate surface area is 193 Å². The minimum absolute atomic E-state index is 0.243. The van der Waals surface area contributed by atoms with Gasteiger partial charge in [0.05, 0.1) is 5.71 Å². The Morgan fingerprint density at radius 3 is 1.78 bits per heavy atom. The van der Waals surface area contributed by atoms with Gasteiger partial charge >= 0.3 is 0 Å². The third-order valence-corrected chi connectivity index (χ3v) is 5.81. The van der Waals surface area contributed by atoms with Crippen LogP contribution in [-0.2, 0) is 0 Å². The van der Waals surface area contributed by atoms with Crippen LogP contribution >= 0.6 is 11.6 Å². The van der Waals surface area contributed by atoms with Crippen molar-refractivity contribution in [2.24, 2.45) is 9.98 Å². The molecular formula is C29H21ClN2. The van der Waals surface area contributed by atoms with Gasteiger partial charge in [-0.3, -0.25) is 0 Å². The summed E-state index contributed by atoms with van der Waals surface area (Å²) in [5, 5.41) is 0.243. The summed E-state index contributed by atoms with van der Waals surface area (Å²) >= 11 is 6.41. The predicted molar refractivity (Wildman–Crippen MR) is 135 cm³/mol. The molecule has 0 fully saturated rings. The summed E-state index contributed by atoms with van der Waals surface area (Å²) in [6, 6.07) is 37.0. The van der Waals surface area contributed by atoms with Gasteiger partial charge in [0.25, 0.3) is 0 Å². The van der Waals surface area contributed by atoms with E-state index < -0.39 is 0 Å². The summed E-state index contributed by atoms with van der Waals surface area (Å²) < 4.78 is 0. The van der Waals surface area contributed by atoms with E-state index >= 15 is 0 Å². The number of rotatable bonds is 4. The zero-order chi connectivity index (χ0) is 21.9. The largest absolute Gasteiger partial charge is 0.243 e. The first-order valence-corrected chi connectivity index (χ1v) is 10.9. The van der Waals surface area contributed by atoms with E-state index in [1.54, 1.807) is 0 Å². The fourth-order valence-electron chi connectivity index (χ4n) is 4.03. The van der Waals surface area contributed by atoms with Crippen LogP contribution in [0.25, 0.3) is 22.3 Å². The van der Waals surface area contributed by atoms with Crippen molar-refractivity contribution < 1.29 is 0 Å². The molecule has 3 heteroatoms. The SMILES string of the molecule is C=C1C(c2cccc(-c3ccccc3)c2)=NC(Cl)=NC1c1cccc(-c2ccccc2)c1. The molecule has 0 bridgehead atoms. The van der Waals surface area contributed by atoms with E-state index in [0.29, 0.717) is 0 Å². The molecule has 0 N–H and O–H groups in total. The Morgan fingerprint density at radius 1 is 0.594 bits per heavy atom. The van der Waals surface area contributed by atoms with Crippen LogP contribution < -0.4 is 0 Å². The molecule has 0 aliphatic carbocycles. The second kappa shape index (κ2) is 8.78. The van der Waals surface area contributed by atoms with Crippen LogP contribution in [0.3, 0.4) is 0 Å². The van der Waals surface area contributed by atoms with Gasteiger partial charge in [-0.25, -0.2) is 9.98 Å². The maximum atomic E-state index is 6.41. The fourth-order valence-corrected chi connectivity index (χ4v) is 4.21. The smallest absolute Gasteiger partial charge is 0.219 e. The number of aliphatic imine (C=N–C) groups is 2. The lowest BCUT2D eigenvalue weighted by molar-refractivity contribution is 0.879. The zero-order valence-electron chi connectivity index (χ0n) is 17.4. The Hall–Kier alpha value is -3.75. The van der Waals surface area contributed by atoms with E-state index in [2.05, 4.69) is 77.2 Å². The normalized spacial score (nSPS) is 15.8. The molecule has 4 aromatic carbocycles. The molecule has 2 nitrogen and oxygen atoms in total. The standard InChI is InChI=1S/C29H21ClN2/c1-20-27(25-16-8-14-23(18-25)21-10-4-2-5-11-21)31-29(30)32-28(20)26-17-9-15-24(19-26)22-12-6-3-7-13-22/h2-19,27H,1H2. The molecule has 5 rings (SSSR count). The molecule has 0 amide bonds. The number of hydrogen-bond acceptors (Lipinski definition) is 2. The molecule has 1 heterocycles. The van der Waals surface area contributed by atoms with Gasteiger partial charge in [-0.1, -0.05) is 104 Å². The average molecular weight is 433 g/mol. The van der Waals surface area contributed by atoms with Gasteiger partial charge in [0.2, 0.25) is 5.29 Å². The van der Waals surface area contributed by atoms with Gasteiger partial charge in [0.1, 0.15) is 6.04 Å². The summed E-state index contributed by atoms with van der Waals surface area (Å²) in [6.07, 6.45) is 0. The van der Waals surface area contributed by atoms with Crippen LogP contribution in [0.2, 0.25) is 0 Å². The van der Waals surface area contributed by atoms with Crippen LogP contribution in [0.4, 0.5) is 0 Å². The zero-order valence-corrected chi connectivity index (χ0v) is 18.2. The van der Waals surface area contributed by atoms with E-state index in [1.807, 2.05) is 48.5 Å². The van der Waals surface area contributed by atoms with Crippen molar-refractivity contribution in [3.8, 4) is 22.3 Å². The lowest BCUT2D eigenvalue weighted by atomic mass is 9.90. The molecule has 154 valence electrons. The minimum Gasteiger partial charge on any atom is -0.243 e. The van der Waals surface area contributed by atoms with Gasteiger partial charge in [-0.2, -0.15) is 0 Å². The van der Waals surface area contributed by atoms with E-state index in [0.717, 1.165) is 44.7 Å². The first-order chi connectivity index (χ1) is 15.7. The second-order valence-corrected chi connectivity index (χ2v) is 8.06. The summed E-state index contributed by atoms with van der Waals surface area (Å²) in [6.45, 7) is 4.37. The van der Waals surface area contributed by atoms with Crippen molar-refractivity contribution in [1.29, 1.82) is 0 Å². The molecule has 0 spiro atoms. The summed E-state index contributed by atoms with van der Waals surface area (Å²) in [4.78, 5) is 9.18. The van der Waals surface area contributed by atoms with E-state index in [4.69, 9.17) is 11.6 Å². The molecule has 0 saturated carbocycles. The third kappa shape index (κ3) is 4.05. The van der Waals surface area contributed by atoms with Crippen molar-refractivity contribution in [2.45, 2.75) is 6.04 Å². The lowest BCUT2D eigenvalue weighted by Gasteiger charge is -2.22. The van der Waals surface area contributed by atoms with Crippen molar-refractivity contribution in [3.05, 3.63) is 132 Å². The molecule has 32 heavy (non-hydrogen) atoms. The summed E-state index contributed by atoms with van der Waals surface area (Å²) in [5.74, 6) is 0. The molecule has 4 aromatic rings. The number of halogens is 1. The van der Waals surface area contributed by atoms with Gasteiger partial charge in [0, 0.05) is 11.1 Å². The molecule has 0 aromatic heterocycles. The highest BCUT2D eigenvalue weighted by molar-refractivity contribution is 6.66. The maximum Gasteiger partial charge on any atom is 0.219 e. The van der Waals surface area contributed by atoms with Gasteiger partial charge in [0.15, 0.2) is 0 Å². The first kappa shape index (κ1) is 20.2. The minimum atomic E-state index is -0.279. The van der Waals surface area contributed by atoms with Crippen molar-refractivity contribution in [2.75, 3.05) is 0 Å². The Bertz CT molecular complexity index is 1340. The van der Waals surface area contributed by atoms with E-state index in [9.17, 15) is 0 Å². The summed E-state index contributed by atoms with van der Waals surface area (Å²) in [7, 11) is 0. The number of nitrogens with zero attached hydrogens (tertiary/aromatic N) is 2. The third-order valence-electron chi connectivity index (χ3n) is 5.63. The maximum absolute atomic E-state index is 6.41. The molecule has 1 aliphatic heterocycles. The Morgan fingerprint density at radius 2 is 1.12 bits per heavy atom. The number of amidine groups is 1. The quantitative estimate of drug-likeness (QED) is 0.295. The molecule has 0 saturated heterocycles. The highest BCUT2D eigenvalue weighted by Crippen LogP contribution is 2.34. The van der Waals surface area contributed by atoms with Crippen LogP contribution in [0.1, 0.15) is 17.2 Å². The van der Waals surface area contributed by atoms with Gasteiger partial charge < -0.3 is 0 Å². The predicted octanol–water partition coefficient (Wildman–Crippen LogP) is 7.72. The van der Waals surface area contributed by atoms with Crippen LogP contribution in [0, 0.1) is 0 Å². The molecule has 1 aliphatic rings. The average Bonchev–Trinajstić information content (AvgIpc) is 2.86. The topological polar surface area (TPSA) is 24.7 Å². The number of hydrogen-bond donors (Lipinski definition) is 0. The lowest BCUT2D eigenvalue weighted by Crippen LogP contribution is -2.17. The number of benzene rings is 4. The van der Waals surface area contributed by atoms with Crippen molar-refractivity contribution >= 4 is 22.6 Å². The van der Waals surface area contributed by atoms with Crippen LogP contribution in [-0.4, -0.2) is 11.0 Å². The molecule has 0 radical (unpaired) electrons. The van der Waals surface area contributed by atoms with Gasteiger partial charge in [-0.15, -0.1) is 0 Å². The van der Waals surface area contributed by atoms with E-state index in [-0.39, 0.29) is 11.3 Å².